The molecule has 0 aromatic carbocycles. The first-order valence-electron chi connectivity index (χ1n) is 6.93. The summed E-state index contributed by atoms with van der Waals surface area (Å²) in [5.74, 6) is 0.269. The normalized spacial score (nSPS) is 29.1. The number of carbonyl (C=O) groups excluding carboxylic acids is 1. The number of hydrogen-bond donors (Lipinski definition) is 1. The molecule has 18 heavy (non-hydrogen) atoms. The van der Waals surface area contributed by atoms with Crippen LogP contribution in [0.25, 0.3) is 0 Å². The van der Waals surface area contributed by atoms with E-state index in [1.54, 1.807) is 0 Å². The van der Waals surface area contributed by atoms with Crippen LogP contribution < -0.4 is 5.32 Å². The van der Waals surface area contributed by atoms with Crippen LogP contribution in [0.2, 0.25) is 0 Å². The van der Waals surface area contributed by atoms with E-state index in [0.29, 0.717) is 0 Å². The molecule has 1 saturated heterocycles. The molecule has 1 amide bonds. The largest absolute Gasteiger partial charge is 0.324 e. The van der Waals surface area contributed by atoms with Crippen LogP contribution in [0.5, 0.6) is 0 Å². The molecule has 106 valence electrons. The van der Waals surface area contributed by atoms with E-state index < -0.39 is 0 Å². The van der Waals surface area contributed by atoms with Crippen molar-refractivity contribution in [2.45, 2.75) is 70.3 Å². The summed E-state index contributed by atoms with van der Waals surface area (Å²) in [6.45, 7) is 11.5. The molecule has 0 spiro atoms. The Hall–Kier alpha value is -0.220. The Morgan fingerprint density at radius 2 is 2.06 bits per heavy atom. The lowest BCUT2D eigenvalue weighted by Crippen LogP contribution is -2.45. The zero-order chi connectivity index (χ0) is 14.0. The number of thioether (sulfide) groups is 1. The van der Waals surface area contributed by atoms with Crippen LogP contribution in [0.1, 0.15) is 53.9 Å². The van der Waals surface area contributed by atoms with Crippen LogP contribution in [-0.4, -0.2) is 40.1 Å². The maximum atomic E-state index is 12.6. The van der Waals surface area contributed by atoms with Crippen molar-refractivity contribution in [1.29, 1.82) is 0 Å². The molecule has 1 rings (SSSR count). The average molecular weight is 272 g/mol. The van der Waals surface area contributed by atoms with Gasteiger partial charge in [-0.15, -0.1) is 0 Å². The van der Waals surface area contributed by atoms with Crippen molar-refractivity contribution in [3.8, 4) is 0 Å². The summed E-state index contributed by atoms with van der Waals surface area (Å²) in [5, 5.41) is 3.53. The Kier molecular flexibility index (Phi) is 5.13. The summed E-state index contributed by atoms with van der Waals surface area (Å²) in [7, 11) is 0. The van der Waals surface area contributed by atoms with Crippen molar-refractivity contribution in [1.82, 2.24) is 10.2 Å². The third-order valence-corrected chi connectivity index (χ3v) is 5.20. The van der Waals surface area contributed by atoms with Crippen LogP contribution in [0.4, 0.5) is 0 Å². The summed E-state index contributed by atoms with van der Waals surface area (Å²) >= 11 is 1.82. The predicted molar refractivity (Wildman–Crippen MR) is 79.8 cm³/mol. The molecular weight excluding hydrogens is 244 g/mol. The number of nitrogens with one attached hydrogen (secondary N) is 1. The maximum absolute atomic E-state index is 12.6. The first-order valence-corrected chi connectivity index (χ1v) is 8.16. The Labute approximate surface area is 116 Å². The van der Waals surface area contributed by atoms with Crippen molar-refractivity contribution >= 4 is 17.7 Å². The fraction of sp³-hybridized carbons (Fsp3) is 0.929. The number of rotatable bonds is 6. The van der Waals surface area contributed by atoms with Crippen molar-refractivity contribution < 1.29 is 4.79 Å². The highest BCUT2D eigenvalue weighted by atomic mass is 32.2. The fourth-order valence-electron chi connectivity index (χ4n) is 2.38. The summed E-state index contributed by atoms with van der Waals surface area (Å²) in [6.07, 6.45) is 5.30. The van der Waals surface area contributed by atoms with Gasteiger partial charge < -0.3 is 4.90 Å². The van der Waals surface area contributed by atoms with Gasteiger partial charge in [0.1, 0.15) is 0 Å². The van der Waals surface area contributed by atoms with Gasteiger partial charge in [0.2, 0.25) is 5.91 Å². The lowest BCUT2D eigenvalue weighted by molar-refractivity contribution is -0.133. The lowest BCUT2D eigenvalue weighted by atomic mass is 9.99. The van der Waals surface area contributed by atoms with Gasteiger partial charge in [-0.3, -0.25) is 10.1 Å². The van der Waals surface area contributed by atoms with Gasteiger partial charge in [0.15, 0.2) is 0 Å². The summed E-state index contributed by atoms with van der Waals surface area (Å²) in [4.78, 5) is 14.7. The standard InChI is InChI=1S/C14H28N2OS/c1-7-9-11-15-14(5,8-2)12(17)16(11)10-13(3,4)18-6/h11,15H,7-10H2,1-6H3. The van der Waals surface area contributed by atoms with Crippen molar-refractivity contribution in [2.24, 2.45) is 0 Å². The number of nitrogens with zero attached hydrogens (tertiary/aromatic N) is 1. The van der Waals surface area contributed by atoms with Crippen LogP contribution in [0, 0.1) is 0 Å². The molecule has 1 N–H and O–H groups in total. The fourth-order valence-corrected chi connectivity index (χ4v) is 2.65. The van der Waals surface area contributed by atoms with Gasteiger partial charge in [0.25, 0.3) is 0 Å². The SMILES string of the molecule is CCCC1NC(C)(CC)C(=O)N1CC(C)(C)SC. The monoisotopic (exact) mass is 272 g/mol. The molecule has 0 aromatic heterocycles. The molecule has 0 bridgehead atoms. The van der Waals surface area contributed by atoms with E-state index in [2.05, 4.69) is 44.2 Å². The van der Waals surface area contributed by atoms with E-state index in [1.165, 1.54) is 0 Å². The topological polar surface area (TPSA) is 32.3 Å². The zero-order valence-corrected chi connectivity index (χ0v) is 13.5. The molecule has 0 saturated carbocycles. The van der Waals surface area contributed by atoms with E-state index in [4.69, 9.17) is 0 Å². The molecule has 1 fully saturated rings. The quantitative estimate of drug-likeness (QED) is 0.807. The molecule has 4 heteroatoms. The second-order valence-electron chi connectivity index (χ2n) is 6.03. The Morgan fingerprint density at radius 3 is 2.50 bits per heavy atom. The molecule has 1 aliphatic rings. The van der Waals surface area contributed by atoms with Gasteiger partial charge in [-0.2, -0.15) is 11.8 Å². The van der Waals surface area contributed by atoms with Gasteiger partial charge in [-0.25, -0.2) is 0 Å². The third kappa shape index (κ3) is 3.21. The molecule has 3 nitrogen and oxygen atoms in total. The Morgan fingerprint density at radius 1 is 1.44 bits per heavy atom. The summed E-state index contributed by atoms with van der Waals surface area (Å²) in [6, 6.07) is 0. The van der Waals surface area contributed by atoms with Gasteiger partial charge in [0, 0.05) is 11.3 Å². The molecule has 2 atom stereocenters. The summed E-state index contributed by atoms with van der Waals surface area (Å²) in [5.41, 5.74) is -0.367. The Bertz CT molecular complexity index is 306. The van der Waals surface area contributed by atoms with Crippen LogP contribution in [0.15, 0.2) is 0 Å². The van der Waals surface area contributed by atoms with Gasteiger partial charge in [0.05, 0.1) is 11.7 Å². The van der Waals surface area contributed by atoms with Crippen molar-refractivity contribution in [2.75, 3.05) is 12.8 Å². The smallest absolute Gasteiger partial charge is 0.243 e. The Balaban J connectivity index is 2.88. The minimum Gasteiger partial charge on any atom is -0.324 e. The van der Waals surface area contributed by atoms with E-state index in [0.717, 1.165) is 25.8 Å². The molecule has 2 unspecified atom stereocenters. The van der Waals surface area contributed by atoms with E-state index in [-0.39, 0.29) is 22.4 Å². The highest BCUT2D eigenvalue weighted by Gasteiger charge is 2.47. The van der Waals surface area contributed by atoms with E-state index in [9.17, 15) is 4.79 Å². The maximum Gasteiger partial charge on any atom is 0.243 e. The predicted octanol–water partition coefficient (Wildman–Crippen LogP) is 2.85. The number of amides is 1. The van der Waals surface area contributed by atoms with Crippen LogP contribution >= 0.6 is 11.8 Å². The summed E-state index contributed by atoms with van der Waals surface area (Å²) < 4.78 is 0.113. The third-order valence-electron chi connectivity index (χ3n) is 3.97. The minimum atomic E-state index is -0.367. The van der Waals surface area contributed by atoms with E-state index >= 15 is 0 Å². The molecular formula is C14H28N2OS. The molecule has 0 aliphatic carbocycles. The molecule has 0 aromatic rings. The zero-order valence-electron chi connectivity index (χ0n) is 12.7. The van der Waals surface area contributed by atoms with Crippen LogP contribution in [0.3, 0.4) is 0 Å². The first-order chi connectivity index (χ1) is 8.29. The van der Waals surface area contributed by atoms with Gasteiger partial charge in [-0.05, 0) is 39.9 Å². The van der Waals surface area contributed by atoms with Crippen molar-refractivity contribution in [3.05, 3.63) is 0 Å². The number of hydrogen-bond acceptors (Lipinski definition) is 3. The second kappa shape index (κ2) is 5.83. The second-order valence-corrected chi connectivity index (χ2v) is 7.54. The van der Waals surface area contributed by atoms with Crippen molar-refractivity contribution in [3.63, 3.8) is 0 Å². The number of carbonyl (C=O) groups is 1. The van der Waals surface area contributed by atoms with Gasteiger partial charge >= 0.3 is 0 Å². The first kappa shape index (κ1) is 15.8. The van der Waals surface area contributed by atoms with Crippen LogP contribution in [-0.2, 0) is 4.79 Å². The lowest BCUT2D eigenvalue weighted by Gasteiger charge is -2.32. The van der Waals surface area contributed by atoms with Gasteiger partial charge in [-0.1, -0.05) is 20.3 Å². The highest BCUT2D eigenvalue weighted by Crippen LogP contribution is 2.30. The molecule has 0 radical (unpaired) electrons. The van der Waals surface area contributed by atoms with E-state index in [1.807, 2.05) is 18.7 Å². The minimum absolute atomic E-state index is 0.113. The highest BCUT2D eigenvalue weighted by molar-refractivity contribution is 7.99. The average Bonchev–Trinajstić information content (AvgIpc) is 2.55. The molecule has 1 heterocycles. The molecule has 1 aliphatic heterocycles.